The van der Waals surface area contributed by atoms with Gasteiger partial charge >= 0.3 is 0 Å². The molecule has 1 amide bonds. The highest BCUT2D eigenvalue weighted by molar-refractivity contribution is 7.92. The van der Waals surface area contributed by atoms with Crippen molar-refractivity contribution in [3.05, 3.63) is 93.5 Å². The summed E-state index contributed by atoms with van der Waals surface area (Å²) in [5.74, 6) is -0.607. The minimum absolute atomic E-state index is 0.0856. The molecule has 0 aliphatic rings. The second-order valence-electron chi connectivity index (χ2n) is 7.05. The SMILES string of the molecule is Cc1ccc(N(CC(=O)N/N=C\c2ccc(Cl)cc2Cl)S(=O)(=O)c2ccccc2)cc1C. The first-order valence-corrected chi connectivity index (χ1v) is 11.8. The highest BCUT2D eigenvalue weighted by Gasteiger charge is 2.27. The summed E-state index contributed by atoms with van der Waals surface area (Å²) < 4.78 is 27.7. The maximum atomic E-state index is 13.3. The number of rotatable bonds is 7. The summed E-state index contributed by atoms with van der Waals surface area (Å²) in [6, 6.07) is 18.0. The van der Waals surface area contributed by atoms with E-state index in [0.717, 1.165) is 15.4 Å². The Balaban J connectivity index is 1.86. The smallest absolute Gasteiger partial charge is 0.264 e. The Kier molecular flexibility index (Phi) is 7.56. The Morgan fingerprint density at radius 1 is 1.00 bits per heavy atom. The quantitative estimate of drug-likeness (QED) is 0.376. The van der Waals surface area contributed by atoms with Gasteiger partial charge in [-0.3, -0.25) is 9.10 Å². The number of amides is 1. The molecule has 3 aromatic carbocycles. The molecular formula is C23H21Cl2N3O3S. The van der Waals surface area contributed by atoms with Crippen molar-refractivity contribution in [2.45, 2.75) is 18.7 Å². The second kappa shape index (κ2) is 10.2. The van der Waals surface area contributed by atoms with Crippen LogP contribution in [0.4, 0.5) is 5.69 Å². The number of nitrogens with one attached hydrogen (secondary N) is 1. The zero-order valence-corrected chi connectivity index (χ0v) is 19.7. The molecule has 0 bridgehead atoms. The molecule has 0 aromatic heterocycles. The van der Waals surface area contributed by atoms with Crippen molar-refractivity contribution in [3.8, 4) is 0 Å². The largest absolute Gasteiger partial charge is 0.271 e. The molecule has 166 valence electrons. The third kappa shape index (κ3) is 5.68. The van der Waals surface area contributed by atoms with Crippen LogP contribution in [0.2, 0.25) is 10.0 Å². The predicted octanol–water partition coefficient (Wildman–Crippen LogP) is 4.96. The van der Waals surface area contributed by atoms with Gasteiger partial charge in [-0.15, -0.1) is 0 Å². The van der Waals surface area contributed by atoms with Crippen LogP contribution in [-0.2, 0) is 14.8 Å². The van der Waals surface area contributed by atoms with Crippen molar-refractivity contribution < 1.29 is 13.2 Å². The second-order valence-corrected chi connectivity index (χ2v) is 9.76. The number of anilines is 1. The summed E-state index contributed by atoms with van der Waals surface area (Å²) >= 11 is 12.0. The molecule has 0 saturated heterocycles. The van der Waals surface area contributed by atoms with Crippen molar-refractivity contribution in [1.29, 1.82) is 0 Å². The van der Waals surface area contributed by atoms with Gasteiger partial charge in [0.25, 0.3) is 15.9 Å². The molecule has 32 heavy (non-hydrogen) atoms. The highest BCUT2D eigenvalue weighted by Crippen LogP contribution is 2.25. The van der Waals surface area contributed by atoms with Gasteiger partial charge in [-0.2, -0.15) is 5.10 Å². The number of hydrogen-bond acceptors (Lipinski definition) is 4. The maximum absolute atomic E-state index is 13.3. The van der Waals surface area contributed by atoms with E-state index in [9.17, 15) is 13.2 Å². The lowest BCUT2D eigenvalue weighted by molar-refractivity contribution is -0.119. The van der Waals surface area contributed by atoms with Gasteiger partial charge in [0.15, 0.2) is 0 Å². The van der Waals surface area contributed by atoms with E-state index >= 15 is 0 Å². The van der Waals surface area contributed by atoms with Crippen LogP contribution in [0.1, 0.15) is 16.7 Å². The summed E-state index contributed by atoms with van der Waals surface area (Å²) in [6.45, 7) is 3.36. The number of aryl methyl sites for hydroxylation is 2. The predicted molar refractivity (Wildman–Crippen MR) is 129 cm³/mol. The Morgan fingerprint density at radius 2 is 1.72 bits per heavy atom. The number of sulfonamides is 1. The molecule has 0 unspecified atom stereocenters. The van der Waals surface area contributed by atoms with Gasteiger partial charge in [-0.1, -0.05) is 53.5 Å². The van der Waals surface area contributed by atoms with Gasteiger partial charge in [0.1, 0.15) is 6.54 Å². The van der Waals surface area contributed by atoms with Gasteiger partial charge in [0.2, 0.25) is 0 Å². The first kappa shape index (κ1) is 23.8. The zero-order chi connectivity index (χ0) is 23.3. The fourth-order valence-electron chi connectivity index (χ4n) is 2.86. The molecule has 3 rings (SSSR count). The van der Waals surface area contributed by atoms with E-state index in [4.69, 9.17) is 23.2 Å². The molecule has 0 saturated carbocycles. The fourth-order valence-corrected chi connectivity index (χ4v) is 4.75. The Labute approximate surface area is 197 Å². The van der Waals surface area contributed by atoms with Gasteiger partial charge in [-0.05, 0) is 61.4 Å². The molecule has 3 aromatic rings. The number of hydrogen-bond donors (Lipinski definition) is 1. The van der Waals surface area contributed by atoms with Crippen molar-refractivity contribution in [2.24, 2.45) is 5.10 Å². The average Bonchev–Trinajstić information content (AvgIpc) is 2.76. The highest BCUT2D eigenvalue weighted by atomic mass is 35.5. The van der Waals surface area contributed by atoms with E-state index in [2.05, 4.69) is 10.5 Å². The summed E-state index contributed by atoms with van der Waals surface area (Å²) in [5.41, 5.74) is 5.22. The van der Waals surface area contributed by atoms with E-state index in [-0.39, 0.29) is 4.90 Å². The third-order valence-corrected chi connectivity index (χ3v) is 7.10. The zero-order valence-electron chi connectivity index (χ0n) is 17.4. The van der Waals surface area contributed by atoms with Crippen molar-refractivity contribution in [2.75, 3.05) is 10.8 Å². The third-order valence-electron chi connectivity index (χ3n) is 4.75. The van der Waals surface area contributed by atoms with Gasteiger partial charge in [-0.25, -0.2) is 13.8 Å². The molecule has 9 heteroatoms. The lowest BCUT2D eigenvalue weighted by atomic mass is 10.1. The number of hydrazone groups is 1. The topological polar surface area (TPSA) is 78.8 Å². The first-order chi connectivity index (χ1) is 15.2. The van der Waals surface area contributed by atoms with Gasteiger partial charge < -0.3 is 0 Å². The van der Waals surface area contributed by atoms with Crippen LogP contribution in [0.5, 0.6) is 0 Å². The lowest BCUT2D eigenvalue weighted by Gasteiger charge is -2.24. The maximum Gasteiger partial charge on any atom is 0.264 e. The number of benzene rings is 3. The Bertz CT molecular complexity index is 1260. The van der Waals surface area contributed by atoms with E-state index in [0.29, 0.717) is 21.3 Å². The summed E-state index contributed by atoms with van der Waals surface area (Å²) in [6.07, 6.45) is 1.36. The molecule has 0 aliphatic carbocycles. The number of nitrogens with zero attached hydrogens (tertiary/aromatic N) is 2. The minimum Gasteiger partial charge on any atom is -0.271 e. The molecule has 0 atom stereocenters. The first-order valence-electron chi connectivity index (χ1n) is 9.60. The Morgan fingerprint density at radius 3 is 2.38 bits per heavy atom. The van der Waals surface area contributed by atoms with Crippen LogP contribution in [0, 0.1) is 13.8 Å². The summed E-state index contributed by atoms with van der Waals surface area (Å²) in [4.78, 5) is 12.7. The lowest BCUT2D eigenvalue weighted by Crippen LogP contribution is -2.39. The van der Waals surface area contributed by atoms with E-state index in [1.54, 1.807) is 48.5 Å². The number of carbonyl (C=O) groups excluding carboxylic acids is 1. The standard InChI is InChI=1S/C23H21Cl2N3O3S/c1-16-8-11-20(12-17(16)2)28(32(30,31)21-6-4-3-5-7-21)15-23(29)27-26-14-18-9-10-19(24)13-22(18)25/h3-14H,15H2,1-2H3,(H,27,29)/b26-14-. The van der Waals surface area contributed by atoms with Crippen LogP contribution in [-0.4, -0.2) is 27.1 Å². The molecule has 0 fully saturated rings. The minimum atomic E-state index is -3.98. The van der Waals surface area contributed by atoms with Crippen LogP contribution in [0.15, 0.2) is 76.7 Å². The van der Waals surface area contributed by atoms with E-state index in [1.165, 1.54) is 18.3 Å². The Hall–Kier alpha value is -2.87. The summed E-state index contributed by atoms with van der Waals surface area (Å²) in [7, 11) is -3.98. The molecule has 1 N–H and O–H groups in total. The van der Waals surface area contributed by atoms with Crippen LogP contribution in [0.25, 0.3) is 0 Å². The van der Waals surface area contributed by atoms with Gasteiger partial charge in [0, 0.05) is 10.6 Å². The number of carbonyl (C=O) groups is 1. The molecule has 0 radical (unpaired) electrons. The summed E-state index contributed by atoms with van der Waals surface area (Å²) in [5, 5.41) is 4.74. The van der Waals surface area contributed by atoms with Crippen LogP contribution >= 0.6 is 23.2 Å². The van der Waals surface area contributed by atoms with Crippen LogP contribution in [0.3, 0.4) is 0 Å². The van der Waals surface area contributed by atoms with Crippen LogP contribution < -0.4 is 9.73 Å². The fraction of sp³-hybridized carbons (Fsp3) is 0.130. The molecular weight excluding hydrogens is 469 g/mol. The molecule has 0 aliphatic heterocycles. The van der Waals surface area contributed by atoms with E-state index < -0.39 is 22.5 Å². The van der Waals surface area contributed by atoms with Crippen molar-refractivity contribution >= 4 is 51.0 Å². The normalized spacial score (nSPS) is 11.5. The molecule has 0 heterocycles. The monoisotopic (exact) mass is 489 g/mol. The molecule has 0 spiro atoms. The van der Waals surface area contributed by atoms with Crippen molar-refractivity contribution in [3.63, 3.8) is 0 Å². The van der Waals surface area contributed by atoms with Gasteiger partial charge in [0.05, 0.1) is 21.8 Å². The average molecular weight is 490 g/mol. The molecule has 6 nitrogen and oxygen atoms in total. The van der Waals surface area contributed by atoms with Crippen molar-refractivity contribution in [1.82, 2.24) is 5.43 Å². The number of halogens is 2. The van der Waals surface area contributed by atoms with E-state index in [1.807, 2.05) is 19.9 Å².